The fraction of sp³-hybridized carbons (Fsp3) is 0. The lowest BCUT2D eigenvalue weighted by atomic mass is 10.0. The Balaban J connectivity index is 2.17. The van der Waals surface area contributed by atoms with Gasteiger partial charge in [-0.2, -0.15) is 13.2 Å². The standard InChI is InChI=1S/C16HBF12O3/c18-3-1-2(5(20)7(22)6(3)21)15(12(27)8(23)4(1)19)31-17(30)32-16-13(28)10(25)9(24)11(26)14(16)29/h30H. The Hall–Kier alpha value is -3.30. The third-order valence-electron chi connectivity index (χ3n) is 3.91. The molecule has 1 N–H and O–H groups in total. The smallest absolute Gasteiger partial charge is 0.498 e. The van der Waals surface area contributed by atoms with E-state index >= 15 is 0 Å². The molecule has 0 bridgehead atoms. The summed E-state index contributed by atoms with van der Waals surface area (Å²) in [5, 5.41) is 5.48. The van der Waals surface area contributed by atoms with E-state index in [1.54, 1.807) is 0 Å². The zero-order chi connectivity index (χ0) is 24.2. The lowest BCUT2D eigenvalue weighted by Gasteiger charge is -2.16. The van der Waals surface area contributed by atoms with E-state index in [4.69, 9.17) is 0 Å². The molecule has 0 heterocycles. The topological polar surface area (TPSA) is 38.7 Å². The summed E-state index contributed by atoms with van der Waals surface area (Å²) in [5.74, 6) is -35.7. The van der Waals surface area contributed by atoms with Crippen LogP contribution in [0, 0.1) is 69.8 Å². The van der Waals surface area contributed by atoms with E-state index < -0.39 is 99.4 Å². The van der Waals surface area contributed by atoms with Gasteiger partial charge in [-0.3, -0.25) is 0 Å². The second kappa shape index (κ2) is 8.00. The van der Waals surface area contributed by atoms with Crippen molar-refractivity contribution in [3.05, 3.63) is 69.8 Å². The number of benzene rings is 3. The molecule has 0 aliphatic heterocycles. The lowest BCUT2D eigenvalue weighted by molar-refractivity contribution is 0.265. The maximum absolute atomic E-state index is 14.0. The molecule has 0 fully saturated rings. The molecule has 0 aliphatic carbocycles. The number of hydrogen-bond acceptors (Lipinski definition) is 3. The highest BCUT2D eigenvalue weighted by molar-refractivity contribution is 6.37. The molecule has 0 saturated heterocycles. The summed E-state index contributed by atoms with van der Waals surface area (Å²) >= 11 is 0. The zero-order valence-corrected chi connectivity index (χ0v) is 14.4. The molecule has 0 radical (unpaired) electrons. The summed E-state index contributed by atoms with van der Waals surface area (Å²) in [6.45, 7) is 0. The third-order valence-corrected chi connectivity index (χ3v) is 3.91. The Kier molecular flexibility index (Phi) is 5.84. The summed E-state index contributed by atoms with van der Waals surface area (Å²) in [7, 11) is -3.37. The molecule has 0 spiro atoms. The van der Waals surface area contributed by atoms with Crippen molar-refractivity contribution in [3.8, 4) is 11.5 Å². The van der Waals surface area contributed by atoms with E-state index in [0.29, 0.717) is 0 Å². The van der Waals surface area contributed by atoms with Crippen molar-refractivity contribution >= 4 is 18.1 Å². The monoisotopic (exact) mass is 480 g/mol. The third kappa shape index (κ3) is 3.34. The molecular weight excluding hydrogens is 479 g/mol. The number of halogens is 12. The highest BCUT2D eigenvalue weighted by Crippen LogP contribution is 2.39. The maximum Gasteiger partial charge on any atom is 0.785 e. The van der Waals surface area contributed by atoms with Crippen molar-refractivity contribution < 1.29 is 67.0 Å². The van der Waals surface area contributed by atoms with E-state index in [9.17, 15) is 57.7 Å². The molecular formula is C16HBF12O3. The Morgan fingerprint density at radius 1 is 0.375 bits per heavy atom. The van der Waals surface area contributed by atoms with Crippen molar-refractivity contribution in [1.82, 2.24) is 0 Å². The first kappa shape index (κ1) is 23.4. The van der Waals surface area contributed by atoms with Crippen LogP contribution in [-0.2, 0) is 0 Å². The predicted molar refractivity (Wildman–Crippen MR) is 79.1 cm³/mol. The molecule has 0 saturated carbocycles. The van der Waals surface area contributed by atoms with Crippen LogP contribution in [0.5, 0.6) is 11.5 Å². The Bertz CT molecular complexity index is 1250. The predicted octanol–water partition coefficient (Wildman–Crippen LogP) is 4.94. The van der Waals surface area contributed by atoms with Gasteiger partial charge < -0.3 is 14.3 Å². The average molecular weight is 480 g/mol. The maximum atomic E-state index is 14.0. The quantitative estimate of drug-likeness (QED) is 0.249. The van der Waals surface area contributed by atoms with Crippen LogP contribution in [0.15, 0.2) is 0 Å². The van der Waals surface area contributed by atoms with Crippen molar-refractivity contribution in [2.75, 3.05) is 0 Å². The first-order chi connectivity index (χ1) is 14.8. The molecule has 3 aromatic rings. The van der Waals surface area contributed by atoms with Crippen LogP contribution >= 0.6 is 0 Å². The van der Waals surface area contributed by atoms with Gasteiger partial charge in [0.05, 0.1) is 10.8 Å². The first-order valence-electron chi connectivity index (χ1n) is 7.66. The van der Waals surface area contributed by atoms with Gasteiger partial charge in [0.1, 0.15) is 0 Å². The molecule has 0 unspecified atom stereocenters. The molecule has 0 amide bonds. The Morgan fingerprint density at radius 2 is 0.656 bits per heavy atom. The van der Waals surface area contributed by atoms with E-state index in [1.165, 1.54) is 0 Å². The number of rotatable bonds is 4. The van der Waals surface area contributed by atoms with Crippen LogP contribution in [-0.4, -0.2) is 12.3 Å². The average Bonchev–Trinajstić information content (AvgIpc) is 2.76. The van der Waals surface area contributed by atoms with Crippen molar-refractivity contribution in [3.63, 3.8) is 0 Å². The molecule has 3 rings (SSSR count). The van der Waals surface area contributed by atoms with Gasteiger partial charge in [0.2, 0.25) is 34.9 Å². The van der Waals surface area contributed by atoms with Gasteiger partial charge in [-0.1, -0.05) is 0 Å². The number of fused-ring (bicyclic) bond motifs is 1. The zero-order valence-electron chi connectivity index (χ0n) is 14.4. The molecule has 3 nitrogen and oxygen atoms in total. The van der Waals surface area contributed by atoms with Gasteiger partial charge >= 0.3 is 7.32 Å². The molecule has 32 heavy (non-hydrogen) atoms. The van der Waals surface area contributed by atoms with Crippen LogP contribution in [0.2, 0.25) is 0 Å². The summed E-state index contributed by atoms with van der Waals surface area (Å²) in [6, 6.07) is 0. The van der Waals surface area contributed by atoms with Gasteiger partial charge in [-0.05, 0) is 0 Å². The van der Waals surface area contributed by atoms with Gasteiger partial charge in [-0.25, -0.2) is 39.5 Å². The summed E-state index contributed by atoms with van der Waals surface area (Å²) in [6.07, 6.45) is 0. The van der Waals surface area contributed by atoms with Crippen molar-refractivity contribution in [2.45, 2.75) is 0 Å². The second-order valence-electron chi connectivity index (χ2n) is 5.72. The van der Waals surface area contributed by atoms with Gasteiger partial charge in [0, 0.05) is 0 Å². The number of hydrogen-bond donors (Lipinski definition) is 1. The van der Waals surface area contributed by atoms with E-state index in [1.807, 2.05) is 0 Å². The molecule has 3 aromatic carbocycles. The first-order valence-corrected chi connectivity index (χ1v) is 7.66. The Labute approximate surface area is 167 Å². The minimum Gasteiger partial charge on any atom is -0.498 e. The van der Waals surface area contributed by atoms with Crippen LogP contribution < -0.4 is 9.31 Å². The van der Waals surface area contributed by atoms with E-state index in [0.717, 1.165) is 0 Å². The molecule has 0 aliphatic rings. The minimum atomic E-state index is -3.37. The van der Waals surface area contributed by atoms with Crippen molar-refractivity contribution in [1.29, 1.82) is 0 Å². The summed E-state index contributed by atoms with van der Waals surface area (Å²) in [4.78, 5) is 0. The van der Waals surface area contributed by atoms with Crippen LogP contribution in [0.25, 0.3) is 10.8 Å². The fourth-order valence-electron chi connectivity index (χ4n) is 2.49. The normalized spacial score (nSPS) is 11.3. The van der Waals surface area contributed by atoms with Crippen molar-refractivity contribution in [2.24, 2.45) is 0 Å². The minimum absolute atomic E-state index is 1.97. The Morgan fingerprint density at radius 3 is 1.12 bits per heavy atom. The SMILES string of the molecule is OB(Oc1c(F)c(F)c(F)c(F)c1F)Oc1c(F)c(F)c(F)c2c(F)c(F)c(F)c(F)c12. The highest BCUT2D eigenvalue weighted by Gasteiger charge is 2.36. The van der Waals surface area contributed by atoms with Gasteiger partial charge in [0.25, 0.3) is 0 Å². The summed E-state index contributed by atoms with van der Waals surface area (Å²) < 4.78 is 171. The molecule has 0 aromatic heterocycles. The molecule has 170 valence electrons. The van der Waals surface area contributed by atoms with E-state index in [2.05, 4.69) is 9.31 Å². The summed E-state index contributed by atoms with van der Waals surface area (Å²) in [5.41, 5.74) is 0. The van der Waals surface area contributed by atoms with Gasteiger partial charge in [0.15, 0.2) is 46.4 Å². The van der Waals surface area contributed by atoms with Crippen LogP contribution in [0.3, 0.4) is 0 Å². The van der Waals surface area contributed by atoms with Gasteiger partial charge in [-0.15, -0.1) is 0 Å². The largest absolute Gasteiger partial charge is 0.785 e. The van der Waals surface area contributed by atoms with Crippen LogP contribution in [0.1, 0.15) is 0 Å². The lowest BCUT2D eigenvalue weighted by Crippen LogP contribution is -2.32. The second-order valence-corrected chi connectivity index (χ2v) is 5.72. The van der Waals surface area contributed by atoms with Crippen LogP contribution in [0.4, 0.5) is 52.7 Å². The molecule has 0 atom stereocenters. The molecule has 16 heteroatoms. The highest BCUT2D eigenvalue weighted by atomic mass is 19.2. The fourth-order valence-corrected chi connectivity index (χ4v) is 2.49. The van der Waals surface area contributed by atoms with E-state index in [-0.39, 0.29) is 0 Å².